The minimum atomic E-state index is -3.30. The average molecular weight is 246 g/mol. The molecule has 0 saturated carbocycles. The van der Waals surface area contributed by atoms with E-state index in [9.17, 15) is 8.42 Å². The van der Waals surface area contributed by atoms with E-state index in [2.05, 4.69) is 3.87 Å². The molecule has 0 bridgehead atoms. The monoisotopic (exact) mass is 246 g/mol. The predicted molar refractivity (Wildman–Crippen MR) is 55.3 cm³/mol. The van der Waals surface area contributed by atoms with Crippen molar-refractivity contribution >= 4 is 41.6 Å². The molecule has 0 aromatic carbocycles. The van der Waals surface area contributed by atoms with Crippen molar-refractivity contribution < 1.29 is 21.1 Å². The fraction of sp³-hybridized carbons (Fsp3) is 1.00. The van der Waals surface area contributed by atoms with Gasteiger partial charge in [-0.2, -0.15) is 0 Å². The zero-order chi connectivity index (χ0) is 9.61. The lowest BCUT2D eigenvalue weighted by Gasteiger charge is -2.13. The van der Waals surface area contributed by atoms with Crippen LogP contribution in [0, 0.1) is 0 Å². The first-order valence-corrected chi connectivity index (χ1v) is 7.42. The van der Waals surface area contributed by atoms with Crippen LogP contribution >= 0.6 is 0 Å². The number of hydrogen-bond donors (Lipinski definition) is 0. The molecule has 0 unspecified atom stereocenters. The van der Waals surface area contributed by atoms with E-state index in [1.165, 1.54) is 0 Å². The summed E-state index contributed by atoms with van der Waals surface area (Å²) in [6, 6.07) is 0. The lowest BCUT2D eigenvalue weighted by atomic mass is 10.5. The highest BCUT2D eigenvalue weighted by molar-refractivity contribution is 7.87. The van der Waals surface area contributed by atoms with Gasteiger partial charge in [-0.05, 0) is 0 Å². The van der Waals surface area contributed by atoms with Gasteiger partial charge < -0.3 is 12.7 Å². The molecular weight excluding hydrogens is 232 g/mol. The molecule has 0 aromatic rings. The van der Waals surface area contributed by atoms with E-state index in [-0.39, 0.29) is 22.5 Å². The van der Waals surface area contributed by atoms with Crippen molar-refractivity contribution in [3.8, 4) is 0 Å². The molecule has 0 saturated heterocycles. The second-order valence-corrected chi connectivity index (χ2v) is 5.92. The van der Waals surface area contributed by atoms with Crippen molar-refractivity contribution in [2.75, 3.05) is 5.75 Å². The highest BCUT2D eigenvalue weighted by Gasteiger charge is 2.12. The molecule has 0 aromatic heterocycles. The van der Waals surface area contributed by atoms with Gasteiger partial charge in [0.2, 0.25) is 0 Å². The van der Waals surface area contributed by atoms with Gasteiger partial charge in [0, 0.05) is 6.42 Å². The fourth-order valence-corrected chi connectivity index (χ4v) is 3.04. The summed E-state index contributed by atoms with van der Waals surface area (Å²) in [5, 5.41) is 0. The summed E-state index contributed by atoms with van der Waals surface area (Å²) in [6.07, 6.45) is 0.00678. The van der Waals surface area contributed by atoms with Gasteiger partial charge in [0.05, 0.1) is 5.75 Å². The molecule has 0 aliphatic rings. The minimum absolute atomic E-state index is 0.0222. The Balaban J connectivity index is 3.81. The van der Waals surface area contributed by atoms with Gasteiger partial charge in [-0.15, -0.1) is 0 Å². The molecular formula is C3H14O5SSi3. The van der Waals surface area contributed by atoms with E-state index in [0.29, 0.717) is 27.4 Å². The van der Waals surface area contributed by atoms with Crippen LogP contribution < -0.4 is 0 Å². The minimum Gasteiger partial charge on any atom is -0.404 e. The maximum atomic E-state index is 10.9. The SMILES string of the molecule is O=S(=O)(CCC(O[SiH3])O[SiH3])O[SiH3]. The molecule has 0 rings (SSSR count). The zero-order valence-electron chi connectivity index (χ0n) is 7.44. The predicted octanol–water partition coefficient (Wildman–Crippen LogP) is -4.08. The first kappa shape index (κ1) is 12.5. The molecule has 74 valence electrons. The van der Waals surface area contributed by atoms with Crippen LogP contribution in [-0.4, -0.2) is 51.9 Å². The third-order valence-electron chi connectivity index (χ3n) is 1.38. The summed E-state index contributed by atoms with van der Waals surface area (Å²) in [4.78, 5) is 0. The third-order valence-corrected chi connectivity index (χ3v) is 5.20. The van der Waals surface area contributed by atoms with Crippen LogP contribution in [-0.2, 0) is 22.8 Å². The van der Waals surface area contributed by atoms with E-state index in [4.69, 9.17) is 8.85 Å². The van der Waals surface area contributed by atoms with Crippen LogP contribution in [0.5, 0.6) is 0 Å². The Morgan fingerprint density at radius 3 is 2.00 bits per heavy atom. The highest BCUT2D eigenvalue weighted by atomic mass is 32.2. The smallest absolute Gasteiger partial charge is 0.257 e. The maximum absolute atomic E-state index is 10.9. The van der Waals surface area contributed by atoms with Gasteiger partial charge in [-0.3, -0.25) is 0 Å². The summed E-state index contributed by atoms with van der Waals surface area (Å²) >= 11 is 0. The first-order chi connectivity index (χ1) is 5.55. The van der Waals surface area contributed by atoms with E-state index in [0.717, 1.165) is 0 Å². The van der Waals surface area contributed by atoms with Crippen LogP contribution in [0.25, 0.3) is 0 Å². The largest absolute Gasteiger partial charge is 0.404 e. The van der Waals surface area contributed by atoms with Gasteiger partial charge in [-0.25, -0.2) is 8.42 Å². The summed E-state index contributed by atoms with van der Waals surface area (Å²) in [7, 11) is -1.98. The molecule has 9 heteroatoms. The van der Waals surface area contributed by atoms with Crippen LogP contribution in [0.15, 0.2) is 0 Å². The molecule has 0 aliphatic heterocycles. The van der Waals surface area contributed by atoms with E-state index in [1.54, 1.807) is 0 Å². The standard InChI is InChI=1S/C3H14O5SSi3/c4-9(5,8-12)2-1-3(6-10)7-11/h3H,1-2H2,10-12H3. The summed E-state index contributed by atoms with van der Waals surface area (Å²) in [6.45, 7) is 0. The Hall–Kier alpha value is 0.481. The Kier molecular flexibility index (Phi) is 6.25. The Bertz CT molecular complexity index is 200. The summed E-state index contributed by atoms with van der Waals surface area (Å²) in [5.74, 6) is -0.0222. The molecule has 0 fully saturated rings. The molecule has 0 atom stereocenters. The molecule has 0 amide bonds. The molecule has 0 N–H and O–H groups in total. The van der Waals surface area contributed by atoms with Crippen LogP contribution in [0.4, 0.5) is 0 Å². The van der Waals surface area contributed by atoms with Crippen molar-refractivity contribution in [2.24, 2.45) is 0 Å². The van der Waals surface area contributed by atoms with Gasteiger partial charge >= 0.3 is 0 Å². The fourth-order valence-electron chi connectivity index (χ4n) is 0.656. The van der Waals surface area contributed by atoms with Crippen molar-refractivity contribution in [3.05, 3.63) is 0 Å². The second-order valence-electron chi connectivity index (χ2n) is 2.12. The molecule has 0 aliphatic carbocycles. The number of hydrogen-bond acceptors (Lipinski definition) is 5. The van der Waals surface area contributed by atoms with Crippen molar-refractivity contribution in [3.63, 3.8) is 0 Å². The van der Waals surface area contributed by atoms with Gasteiger partial charge in [0.1, 0.15) is 27.3 Å². The highest BCUT2D eigenvalue weighted by Crippen LogP contribution is 2.01. The van der Waals surface area contributed by atoms with Crippen molar-refractivity contribution in [2.45, 2.75) is 12.7 Å². The molecule has 5 nitrogen and oxygen atoms in total. The van der Waals surface area contributed by atoms with Gasteiger partial charge in [0.25, 0.3) is 10.1 Å². The Morgan fingerprint density at radius 1 is 1.17 bits per heavy atom. The number of rotatable bonds is 6. The van der Waals surface area contributed by atoms with E-state index in [1.807, 2.05) is 0 Å². The van der Waals surface area contributed by atoms with E-state index >= 15 is 0 Å². The van der Waals surface area contributed by atoms with Crippen molar-refractivity contribution in [1.29, 1.82) is 0 Å². The third kappa shape index (κ3) is 5.18. The second kappa shape index (κ2) is 6.01. The van der Waals surface area contributed by atoms with E-state index < -0.39 is 10.1 Å². The quantitative estimate of drug-likeness (QED) is 0.352. The molecule has 0 spiro atoms. The zero-order valence-corrected chi connectivity index (χ0v) is 14.3. The summed E-state index contributed by atoms with van der Waals surface area (Å²) < 4.78 is 36.1. The van der Waals surface area contributed by atoms with Crippen molar-refractivity contribution in [1.82, 2.24) is 0 Å². The first-order valence-electron chi connectivity index (χ1n) is 3.39. The van der Waals surface area contributed by atoms with Crippen LogP contribution in [0.2, 0.25) is 0 Å². The van der Waals surface area contributed by atoms with Crippen LogP contribution in [0.1, 0.15) is 6.42 Å². The normalized spacial score (nSPS) is 15.3. The maximum Gasteiger partial charge on any atom is 0.257 e. The molecule has 0 heterocycles. The molecule has 0 radical (unpaired) electrons. The Labute approximate surface area is 81.5 Å². The topological polar surface area (TPSA) is 61.8 Å². The lowest BCUT2D eigenvalue weighted by molar-refractivity contribution is 0.0174. The van der Waals surface area contributed by atoms with Gasteiger partial charge in [0.15, 0.2) is 10.5 Å². The van der Waals surface area contributed by atoms with Crippen LogP contribution in [0.3, 0.4) is 0 Å². The molecule has 12 heavy (non-hydrogen) atoms. The van der Waals surface area contributed by atoms with Gasteiger partial charge in [-0.1, -0.05) is 0 Å². The lowest BCUT2D eigenvalue weighted by Crippen LogP contribution is -2.20. The average Bonchev–Trinajstić information content (AvgIpc) is 2.06. The summed E-state index contributed by atoms with van der Waals surface area (Å²) in [5.41, 5.74) is 0. The Morgan fingerprint density at radius 2 is 1.67 bits per heavy atom.